The molecule has 1 aliphatic heterocycles. The summed E-state index contributed by atoms with van der Waals surface area (Å²) in [6.45, 7) is 3.04. The third-order valence-electron chi connectivity index (χ3n) is 4.76. The van der Waals surface area contributed by atoms with Gasteiger partial charge in [-0.15, -0.1) is 12.4 Å². The monoisotopic (exact) mass is 351 g/mol. The number of fused-ring (bicyclic) bond motifs is 1. The van der Waals surface area contributed by atoms with E-state index in [1.54, 1.807) is 0 Å². The maximum Gasteiger partial charge on any atom is 0.122 e. The average molecular weight is 352 g/mol. The Morgan fingerprint density at radius 1 is 1.17 bits per heavy atom. The van der Waals surface area contributed by atoms with Crippen LogP contribution in [0.2, 0.25) is 5.02 Å². The van der Waals surface area contributed by atoms with E-state index in [1.165, 1.54) is 5.56 Å². The molecule has 1 heterocycles. The highest BCUT2D eigenvalue weighted by molar-refractivity contribution is 6.31. The number of rotatable bonds is 3. The lowest BCUT2D eigenvalue weighted by molar-refractivity contribution is 0.227. The van der Waals surface area contributed by atoms with Gasteiger partial charge in [0.25, 0.3) is 0 Å². The zero-order valence-corrected chi connectivity index (χ0v) is 15.1. The highest BCUT2D eigenvalue weighted by Gasteiger charge is 2.28. The number of halogens is 2. The van der Waals surface area contributed by atoms with Crippen molar-refractivity contribution in [3.8, 4) is 5.75 Å². The Hall–Kier alpha value is -1.22. The van der Waals surface area contributed by atoms with Crippen molar-refractivity contribution >= 4 is 24.0 Å². The van der Waals surface area contributed by atoms with E-state index in [9.17, 15) is 5.11 Å². The molecule has 2 aromatic carbocycles. The Morgan fingerprint density at radius 3 is 2.61 bits per heavy atom. The SMILES string of the molecule is CCc1ccc2c(c1O)CCN(C)C2Cc1ccccc1Cl.Cl. The molecule has 2 aromatic rings. The van der Waals surface area contributed by atoms with Gasteiger partial charge in [-0.25, -0.2) is 0 Å². The number of hydrogen-bond donors (Lipinski definition) is 1. The molecular weight excluding hydrogens is 329 g/mol. The number of aromatic hydroxyl groups is 1. The van der Waals surface area contributed by atoms with Gasteiger partial charge in [0.15, 0.2) is 0 Å². The summed E-state index contributed by atoms with van der Waals surface area (Å²) in [5.74, 6) is 0.497. The van der Waals surface area contributed by atoms with E-state index in [-0.39, 0.29) is 18.4 Å². The summed E-state index contributed by atoms with van der Waals surface area (Å²) in [5, 5.41) is 11.3. The van der Waals surface area contributed by atoms with Gasteiger partial charge < -0.3 is 5.11 Å². The van der Waals surface area contributed by atoms with Crippen LogP contribution in [0.5, 0.6) is 5.75 Å². The minimum atomic E-state index is 0. The second-order valence-corrected chi connectivity index (χ2v) is 6.44. The Morgan fingerprint density at radius 2 is 1.91 bits per heavy atom. The van der Waals surface area contributed by atoms with Gasteiger partial charge in [0.1, 0.15) is 5.75 Å². The van der Waals surface area contributed by atoms with Crippen LogP contribution < -0.4 is 0 Å². The first kappa shape index (κ1) is 18.1. The Bertz CT molecular complexity index is 687. The van der Waals surface area contributed by atoms with Crippen LogP contribution in [0.3, 0.4) is 0 Å². The van der Waals surface area contributed by atoms with E-state index in [0.717, 1.165) is 47.5 Å². The molecule has 3 rings (SSSR count). The lowest BCUT2D eigenvalue weighted by atomic mass is 9.87. The van der Waals surface area contributed by atoms with Crippen molar-refractivity contribution in [2.75, 3.05) is 13.6 Å². The van der Waals surface area contributed by atoms with Crippen molar-refractivity contribution < 1.29 is 5.11 Å². The molecule has 0 saturated heterocycles. The molecule has 2 nitrogen and oxygen atoms in total. The molecule has 4 heteroatoms. The third kappa shape index (κ3) is 3.50. The summed E-state index contributed by atoms with van der Waals surface area (Å²) < 4.78 is 0. The van der Waals surface area contributed by atoms with Crippen molar-refractivity contribution in [2.24, 2.45) is 0 Å². The lowest BCUT2D eigenvalue weighted by Crippen LogP contribution is -2.33. The van der Waals surface area contributed by atoms with Gasteiger partial charge in [0.05, 0.1) is 0 Å². The normalized spacial score (nSPS) is 17.4. The number of nitrogens with zero attached hydrogens (tertiary/aromatic N) is 1. The van der Waals surface area contributed by atoms with Crippen molar-refractivity contribution in [2.45, 2.75) is 32.2 Å². The highest BCUT2D eigenvalue weighted by Crippen LogP contribution is 2.38. The number of phenolic OH excluding ortho intramolecular Hbond substituents is 1. The van der Waals surface area contributed by atoms with Crippen LogP contribution in [0.4, 0.5) is 0 Å². The first-order valence-corrected chi connectivity index (χ1v) is 8.26. The largest absolute Gasteiger partial charge is 0.507 e. The van der Waals surface area contributed by atoms with Gasteiger partial charge in [0, 0.05) is 23.2 Å². The fourth-order valence-electron chi connectivity index (χ4n) is 3.38. The molecule has 23 heavy (non-hydrogen) atoms. The van der Waals surface area contributed by atoms with Crippen LogP contribution >= 0.6 is 24.0 Å². The van der Waals surface area contributed by atoms with E-state index in [0.29, 0.717) is 5.75 Å². The lowest BCUT2D eigenvalue weighted by Gasteiger charge is -2.35. The molecule has 0 aromatic heterocycles. The fraction of sp³-hybridized carbons (Fsp3) is 0.368. The number of hydrogen-bond acceptors (Lipinski definition) is 2. The summed E-state index contributed by atoms with van der Waals surface area (Å²) in [6.07, 6.45) is 2.64. The van der Waals surface area contributed by atoms with Crippen LogP contribution in [0, 0.1) is 0 Å². The minimum absolute atomic E-state index is 0. The number of benzene rings is 2. The van der Waals surface area contributed by atoms with E-state index in [2.05, 4.69) is 37.1 Å². The average Bonchev–Trinajstić information content (AvgIpc) is 2.52. The van der Waals surface area contributed by atoms with Crippen molar-refractivity contribution in [3.05, 3.63) is 63.7 Å². The van der Waals surface area contributed by atoms with Crippen LogP contribution in [0.1, 0.15) is 35.2 Å². The summed E-state index contributed by atoms with van der Waals surface area (Å²) in [6, 6.07) is 12.5. The van der Waals surface area contributed by atoms with Gasteiger partial charge in [-0.3, -0.25) is 4.90 Å². The second kappa shape index (κ2) is 7.57. The van der Waals surface area contributed by atoms with Crippen LogP contribution in [0.25, 0.3) is 0 Å². The Kier molecular flexibility index (Phi) is 5.96. The third-order valence-corrected chi connectivity index (χ3v) is 5.13. The van der Waals surface area contributed by atoms with Crippen molar-refractivity contribution in [1.29, 1.82) is 0 Å². The van der Waals surface area contributed by atoms with Gasteiger partial charge in [-0.05, 0) is 49.1 Å². The van der Waals surface area contributed by atoms with Gasteiger partial charge in [-0.2, -0.15) is 0 Å². The number of phenols is 1. The second-order valence-electron chi connectivity index (χ2n) is 6.04. The summed E-state index contributed by atoms with van der Waals surface area (Å²) in [7, 11) is 2.15. The van der Waals surface area contributed by atoms with Crippen LogP contribution in [-0.2, 0) is 19.3 Å². The maximum atomic E-state index is 10.5. The van der Waals surface area contributed by atoms with E-state index < -0.39 is 0 Å². The predicted octanol–water partition coefficient (Wildman–Crippen LogP) is 4.80. The molecule has 0 fully saturated rings. The van der Waals surface area contributed by atoms with E-state index in [4.69, 9.17) is 11.6 Å². The standard InChI is InChI=1S/C19H22ClNO.ClH/c1-3-13-8-9-15-16(19(13)22)10-11-21(2)18(15)12-14-6-4-5-7-17(14)20;/h4-9,18,22H,3,10-12H2,1-2H3;1H. The minimum Gasteiger partial charge on any atom is -0.507 e. The summed E-state index contributed by atoms with van der Waals surface area (Å²) in [4.78, 5) is 2.36. The molecule has 1 N–H and O–H groups in total. The van der Waals surface area contributed by atoms with E-state index >= 15 is 0 Å². The maximum absolute atomic E-state index is 10.5. The number of likely N-dealkylation sites (N-methyl/N-ethyl adjacent to an activating group) is 1. The van der Waals surface area contributed by atoms with Gasteiger partial charge in [-0.1, -0.05) is 48.9 Å². The van der Waals surface area contributed by atoms with Gasteiger partial charge in [0.2, 0.25) is 0 Å². The molecule has 1 unspecified atom stereocenters. The van der Waals surface area contributed by atoms with Crippen LogP contribution in [0.15, 0.2) is 36.4 Å². The zero-order valence-electron chi connectivity index (χ0n) is 13.6. The van der Waals surface area contributed by atoms with Crippen LogP contribution in [-0.4, -0.2) is 23.6 Å². The molecule has 0 bridgehead atoms. The molecule has 0 spiro atoms. The molecule has 124 valence electrons. The van der Waals surface area contributed by atoms with E-state index in [1.807, 2.05) is 18.2 Å². The first-order valence-electron chi connectivity index (χ1n) is 7.89. The van der Waals surface area contributed by atoms with Crippen molar-refractivity contribution in [1.82, 2.24) is 4.90 Å². The number of aryl methyl sites for hydroxylation is 1. The predicted molar refractivity (Wildman–Crippen MR) is 99.0 cm³/mol. The fourth-order valence-corrected chi connectivity index (χ4v) is 3.59. The Labute approximate surface area is 149 Å². The van der Waals surface area contributed by atoms with Crippen molar-refractivity contribution in [3.63, 3.8) is 0 Å². The molecule has 0 amide bonds. The summed E-state index contributed by atoms with van der Waals surface area (Å²) >= 11 is 6.33. The highest BCUT2D eigenvalue weighted by atomic mass is 35.5. The first-order chi connectivity index (χ1) is 10.6. The molecule has 1 atom stereocenters. The molecule has 0 saturated carbocycles. The topological polar surface area (TPSA) is 23.5 Å². The summed E-state index contributed by atoms with van der Waals surface area (Å²) in [5.41, 5.74) is 4.56. The molecule has 0 radical (unpaired) electrons. The molecular formula is C19H23Cl2NO. The zero-order chi connectivity index (χ0) is 15.7. The quantitative estimate of drug-likeness (QED) is 0.858. The molecule has 1 aliphatic rings. The Balaban J connectivity index is 0.00000192. The molecule has 0 aliphatic carbocycles. The van der Waals surface area contributed by atoms with Gasteiger partial charge >= 0.3 is 0 Å². The smallest absolute Gasteiger partial charge is 0.122 e.